The summed E-state index contributed by atoms with van der Waals surface area (Å²) in [5.41, 5.74) is 5.34. The summed E-state index contributed by atoms with van der Waals surface area (Å²) < 4.78 is 10.8. The maximum Gasteiger partial charge on any atom is 0.246 e. The van der Waals surface area contributed by atoms with Crippen LogP contribution >= 0.6 is 0 Å². The quantitative estimate of drug-likeness (QED) is 0.646. The number of anilines is 1. The van der Waals surface area contributed by atoms with Crippen molar-refractivity contribution in [1.82, 2.24) is 20.5 Å². The van der Waals surface area contributed by atoms with E-state index in [2.05, 4.69) is 20.5 Å². The Morgan fingerprint density at radius 2 is 2.47 bits per heavy atom. The average Bonchev–Trinajstić information content (AvgIpc) is 2.83. The zero-order valence-corrected chi connectivity index (χ0v) is 10.7. The van der Waals surface area contributed by atoms with Gasteiger partial charge >= 0.3 is 0 Å². The molecule has 0 bridgehead atoms. The second-order valence-corrected chi connectivity index (χ2v) is 4.42. The fourth-order valence-corrected chi connectivity index (χ4v) is 1.84. The lowest BCUT2D eigenvalue weighted by Gasteiger charge is -2.22. The molecule has 106 valence electrons. The molecule has 1 fully saturated rings. The van der Waals surface area contributed by atoms with Crippen LogP contribution < -0.4 is 11.1 Å². The molecule has 0 aromatic carbocycles. The molecule has 19 heavy (non-hydrogen) atoms. The normalized spacial score (nSPS) is 19.3. The molecule has 0 spiro atoms. The Labute approximate surface area is 111 Å². The predicted octanol–water partition coefficient (Wildman–Crippen LogP) is -0.411. The number of nitrogens with zero attached hydrogens (tertiary/aromatic N) is 2. The Morgan fingerprint density at radius 3 is 3.16 bits per heavy atom. The first-order chi connectivity index (χ1) is 9.24. The molecule has 0 radical (unpaired) electrons. The number of aromatic nitrogens is 3. The number of hydrogen-bond donors (Lipinski definition) is 3. The van der Waals surface area contributed by atoms with Crippen LogP contribution in [0, 0.1) is 0 Å². The number of ether oxygens (including phenoxy) is 2. The number of aromatic amines is 1. The van der Waals surface area contributed by atoms with Gasteiger partial charge in [0.15, 0.2) is 0 Å². The summed E-state index contributed by atoms with van der Waals surface area (Å²) in [6, 6.07) is 0. The summed E-state index contributed by atoms with van der Waals surface area (Å²) in [5.74, 6) is 0.474. The maximum absolute atomic E-state index is 11.5. The number of H-pyrrole nitrogens is 1. The third kappa shape index (κ3) is 4.84. The van der Waals surface area contributed by atoms with E-state index in [9.17, 15) is 4.79 Å². The van der Waals surface area contributed by atoms with Gasteiger partial charge in [0.25, 0.3) is 0 Å². The van der Waals surface area contributed by atoms with Crippen LogP contribution in [0.4, 0.5) is 5.95 Å². The van der Waals surface area contributed by atoms with Crippen molar-refractivity contribution < 1.29 is 14.3 Å². The molecule has 1 saturated heterocycles. The lowest BCUT2D eigenvalue weighted by molar-refractivity contribution is -0.128. The van der Waals surface area contributed by atoms with E-state index >= 15 is 0 Å². The first-order valence-electron chi connectivity index (χ1n) is 6.37. The lowest BCUT2D eigenvalue weighted by Crippen LogP contribution is -2.30. The van der Waals surface area contributed by atoms with Crippen LogP contribution in [0.15, 0.2) is 0 Å². The Hall–Kier alpha value is -1.67. The highest BCUT2D eigenvalue weighted by atomic mass is 16.5. The molecule has 1 aromatic heterocycles. The standard InChI is InChI=1S/C11H19N5O3/c12-11-14-9(15-16-11)5-13-10(17)7-18-6-8-3-1-2-4-19-8/h8H,1-7H2,(H,13,17)(H3,12,14,15,16)/t8-/m1/s1. The number of carbonyl (C=O) groups is 1. The van der Waals surface area contributed by atoms with Gasteiger partial charge in [0.1, 0.15) is 12.4 Å². The number of carbonyl (C=O) groups excluding carboxylic acids is 1. The molecule has 1 aliphatic heterocycles. The van der Waals surface area contributed by atoms with Crippen LogP contribution in [-0.4, -0.2) is 47.0 Å². The molecule has 0 saturated carbocycles. The van der Waals surface area contributed by atoms with Crippen LogP contribution in [-0.2, 0) is 20.8 Å². The zero-order valence-electron chi connectivity index (χ0n) is 10.7. The zero-order chi connectivity index (χ0) is 13.5. The Morgan fingerprint density at radius 1 is 1.58 bits per heavy atom. The van der Waals surface area contributed by atoms with E-state index in [4.69, 9.17) is 15.2 Å². The first-order valence-corrected chi connectivity index (χ1v) is 6.37. The molecular weight excluding hydrogens is 250 g/mol. The third-order valence-electron chi connectivity index (χ3n) is 2.81. The van der Waals surface area contributed by atoms with Crippen molar-refractivity contribution in [3.63, 3.8) is 0 Å². The van der Waals surface area contributed by atoms with Gasteiger partial charge in [-0.15, -0.1) is 5.10 Å². The summed E-state index contributed by atoms with van der Waals surface area (Å²) in [7, 11) is 0. The molecule has 0 unspecified atom stereocenters. The van der Waals surface area contributed by atoms with Crippen LogP contribution in [0.5, 0.6) is 0 Å². The Kier molecular flexibility index (Phi) is 5.10. The minimum absolute atomic E-state index is 0.0173. The lowest BCUT2D eigenvalue weighted by atomic mass is 10.1. The summed E-state index contributed by atoms with van der Waals surface area (Å²) >= 11 is 0. The van der Waals surface area contributed by atoms with E-state index in [1.165, 1.54) is 0 Å². The van der Waals surface area contributed by atoms with E-state index < -0.39 is 0 Å². The van der Waals surface area contributed by atoms with Crippen LogP contribution in [0.1, 0.15) is 25.1 Å². The van der Waals surface area contributed by atoms with E-state index in [0.29, 0.717) is 12.4 Å². The third-order valence-corrected chi connectivity index (χ3v) is 2.81. The monoisotopic (exact) mass is 269 g/mol. The number of hydrogen-bond acceptors (Lipinski definition) is 6. The Bertz CT molecular complexity index is 403. The Balaban J connectivity index is 1.56. The van der Waals surface area contributed by atoms with Gasteiger partial charge in [0, 0.05) is 6.61 Å². The van der Waals surface area contributed by atoms with Gasteiger partial charge in [-0.2, -0.15) is 4.98 Å². The minimum Gasteiger partial charge on any atom is -0.376 e. The van der Waals surface area contributed by atoms with Crippen molar-refractivity contribution in [1.29, 1.82) is 0 Å². The fraction of sp³-hybridized carbons (Fsp3) is 0.727. The molecule has 8 heteroatoms. The van der Waals surface area contributed by atoms with Crippen molar-refractivity contribution in [2.24, 2.45) is 0 Å². The largest absolute Gasteiger partial charge is 0.376 e. The van der Waals surface area contributed by atoms with Crippen LogP contribution in [0.2, 0.25) is 0 Å². The fourth-order valence-electron chi connectivity index (χ4n) is 1.84. The van der Waals surface area contributed by atoms with Crippen molar-refractivity contribution >= 4 is 11.9 Å². The van der Waals surface area contributed by atoms with Gasteiger partial charge < -0.3 is 20.5 Å². The average molecular weight is 269 g/mol. The van der Waals surface area contributed by atoms with Crippen molar-refractivity contribution in [3.8, 4) is 0 Å². The van der Waals surface area contributed by atoms with Gasteiger partial charge in [0.2, 0.25) is 11.9 Å². The highest BCUT2D eigenvalue weighted by Crippen LogP contribution is 2.12. The first kappa shape index (κ1) is 13.8. The van der Waals surface area contributed by atoms with E-state index in [1.807, 2.05) is 0 Å². The number of amides is 1. The second kappa shape index (κ2) is 7.05. The minimum atomic E-state index is -0.203. The summed E-state index contributed by atoms with van der Waals surface area (Å²) in [4.78, 5) is 15.4. The molecule has 1 amide bonds. The second-order valence-electron chi connectivity index (χ2n) is 4.42. The molecule has 1 aliphatic rings. The predicted molar refractivity (Wildman–Crippen MR) is 67.1 cm³/mol. The van der Waals surface area contributed by atoms with Crippen LogP contribution in [0.3, 0.4) is 0 Å². The maximum atomic E-state index is 11.5. The van der Waals surface area contributed by atoms with Crippen LogP contribution in [0.25, 0.3) is 0 Å². The van der Waals surface area contributed by atoms with Gasteiger partial charge in [-0.1, -0.05) is 0 Å². The van der Waals surface area contributed by atoms with Crippen molar-refractivity contribution in [2.75, 3.05) is 25.6 Å². The van der Waals surface area contributed by atoms with E-state index in [-0.39, 0.29) is 31.1 Å². The number of nitrogens with two attached hydrogens (primary N) is 1. The SMILES string of the molecule is Nc1n[nH]c(CNC(=O)COC[C@H]2CCCCO2)n1. The molecule has 1 aromatic rings. The summed E-state index contributed by atoms with van der Waals surface area (Å²) in [6.45, 7) is 1.52. The topological polar surface area (TPSA) is 115 Å². The van der Waals surface area contributed by atoms with Crippen molar-refractivity contribution in [2.45, 2.75) is 31.9 Å². The van der Waals surface area contributed by atoms with Gasteiger partial charge in [-0.05, 0) is 19.3 Å². The number of nitrogens with one attached hydrogen (secondary N) is 2. The number of nitrogen functional groups attached to an aromatic ring is 1. The van der Waals surface area contributed by atoms with Crippen molar-refractivity contribution in [3.05, 3.63) is 5.82 Å². The molecule has 8 nitrogen and oxygen atoms in total. The molecule has 2 heterocycles. The molecule has 1 atom stereocenters. The van der Waals surface area contributed by atoms with Gasteiger partial charge in [0.05, 0.1) is 19.3 Å². The molecular formula is C11H19N5O3. The highest BCUT2D eigenvalue weighted by Gasteiger charge is 2.14. The smallest absolute Gasteiger partial charge is 0.246 e. The summed E-state index contributed by atoms with van der Waals surface area (Å²) in [5, 5.41) is 8.92. The van der Waals surface area contributed by atoms with E-state index in [1.54, 1.807) is 0 Å². The molecule has 0 aliphatic carbocycles. The molecule has 2 rings (SSSR count). The summed E-state index contributed by atoms with van der Waals surface area (Å²) in [6.07, 6.45) is 3.39. The molecule has 4 N–H and O–H groups in total. The van der Waals surface area contributed by atoms with Gasteiger partial charge in [-0.25, -0.2) is 0 Å². The van der Waals surface area contributed by atoms with Gasteiger partial charge in [-0.3, -0.25) is 9.89 Å². The van der Waals surface area contributed by atoms with E-state index in [0.717, 1.165) is 25.9 Å². The number of rotatable bonds is 6. The highest BCUT2D eigenvalue weighted by molar-refractivity contribution is 5.77.